The molecule has 0 spiro atoms. The number of sulfonamides is 1. The molecule has 11 heteroatoms. The number of nitro groups is 1. The molecule has 10 nitrogen and oxygen atoms in total. The molecule has 2 aliphatic rings. The molecule has 2 fully saturated rings. The van der Waals surface area contributed by atoms with Gasteiger partial charge in [-0.25, -0.2) is 13.4 Å². The molecule has 1 unspecified atom stereocenters. The number of hydrogen-bond donors (Lipinski definition) is 1. The highest BCUT2D eigenvalue weighted by Gasteiger charge is 2.30. The van der Waals surface area contributed by atoms with Gasteiger partial charge in [-0.2, -0.15) is 4.31 Å². The quantitative estimate of drug-likeness (QED) is 0.480. The van der Waals surface area contributed by atoms with Crippen molar-refractivity contribution in [1.82, 2.24) is 9.29 Å². The van der Waals surface area contributed by atoms with Gasteiger partial charge in [0, 0.05) is 45.0 Å². The van der Waals surface area contributed by atoms with E-state index < -0.39 is 14.9 Å². The van der Waals surface area contributed by atoms with E-state index in [4.69, 9.17) is 4.74 Å². The van der Waals surface area contributed by atoms with Gasteiger partial charge in [0.05, 0.1) is 23.0 Å². The number of anilines is 2. The van der Waals surface area contributed by atoms with Crippen LogP contribution in [0.5, 0.6) is 0 Å². The standard InChI is InChI=1S/C22H29N5O5S/c1-17-3-2-8-26(16-17)33(30,31)19-5-6-20(21(13-19)27(28)29)23-14-18-4-7-22(24-15-18)25-9-11-32-12-10-25/h4-7,13,15,17,23H,2-3,8-12,14,16H2,1H3. The Morgan fingerprint density at radius 3 is 2.67 bits per heavy atom. The maximum atomic E-state index is 13.0. The number of pyridine rings is 1. The molecule has 2 aromatic rings. The summed E-state index contributed by atoms with van der Waals surface area (Å²) in [5.41, 5.74) is 0.863. The van der Waals surface area contributed by atoms with Crippen LogP contribution in [0.2, 0.25) is 0 Å². The molecule has 0 saturated carbocycles. The van der Waals surface area contributed by atoms with Crippen LogP contribution in [0.1, 0.15) is 25.3 Å². The zero-order valence-electron chi connectivity index (χ0n) is 18.6. The van der Waals surface area contributed by atoms with Gasteiger partial charge in [-0.1, -0.05) is 13.0 Å². The van der Waals surface area contributed by atoms with E-state index >= 15 is 0 Å². The van der Waals surface area contributed by atoms with E-state index in [-0.39, 0.29) is 22.2 Å². The summed E-state index contributed by atoms with van der Waals surface area (Å²) in [7, 11) is -3.77. The van der Waals surface area contributed by atoms with Crippen molar-refractivity contribution in [2.75, 3.05) is 49.6 Å². The number of benzene rings is 1. The van der Waals surface area contributed by atoms with Crippen LogP contribution in [0.25, 0.3) is 0 Å². The number of nitrogens with one attached hydrogen (secondary N) is 1. The Morgan fingerprint density at radius 1 is 1.21 bits per heavy atom. The summed E-state index contributed by atoms with van der Waals surface area (Å²) in [4.78, 5) is 17.7. The molecule has 1 atom stereocenters. The molecule has 2 aliphatic heterocycles. The van der Waals surface area contributed by atoms with Crippen molar-refractivity contribution in [2.24, 2.45) is 5.92 Å². The van der Waals surface area contributed by atoms with Gasteiger partial charge < -0.3 is 15.0 Å². The number of ether oxygens (including phenoxy) is 1. The lowest BCUT2D eigenvalue weighted by Crippen LogP contribution is -2.39. The smallest absolute Gasteiger partial charge is 0.293 e. The summed E-state index contributed by atoms with van der Waals surface area (Å²) >= 11 is 0. The van der Waals surface area contributed by atoms with E-state index in [1.807, 2.05) is 19.1 Å². The van der Waals surface area contributed by atoms with Gasteiger partial charge in [0.25, 0.3) is 5.69 Å². The summed E-state index contributed by atoms with van der Waals surface area (Å²) in [5, 5.41) is 14.7. The number of rotatable bonds is 7. The third-order valence-electron chi connectivity index (χ3n) is 6.05. The van der Waals surface area contributed by atoms with Gasteiger partial charge in [-0.3, -0.25) is 10.1 Å². The molecule has 0 amide bonds. The first kappa shape index (κ1) is 23.4. The van der Waals surface area contributed by atoms with Crippen LogP contribution in [0.15, 0.2) is 41.4 Å². The highest BCUT2D eigenvalue weighted by atomic mass is 32.2. The average molecular weight is 476 g/mol. The van der Waals surface area contributed by atoms with Crippen LogP contribution in [0.4, 0.5) is 17.2 Å². The first-order chi connectivity index (χ1) is 15.8. The summed E-state index contributed by atoms with van der Waals surface area (Å²) in [6, 6.07) is 7.90. The Kier molecular flexibility index (Phi) is 7.11. The topological polar surface area (TPSA) is 118 Å². The second kappa shape index (κ2) is 10.0. The number of nitro benzene ring substituents is 1. The predicted octanol–water partition coefficient (Wildman–Crippen LogP) is 2.86. The second-order valence-electron chi connectivity index (χ2n) is 8.52. The van der Waals surface area contributed by atoms with Crippen molar-refractivity contribution in [2.45, 2.75) is 31.2 Å². The molecule has 4 rings (SSSR count). The lowest BCUT2D eigenvalue weighted by molar-refractivity contribution is -0.384. The highest BCUT2D eigenvalue weighted by Crippen LogP contribution is 2.31. The van der Waals surface area contributed by atoms with Gasteiger partial charge in [0.2, 0.25) is 10.0 Å². The van der Waals surface area contributed by atoms with Crippen LogP contribution in [-0.2, 0) is 21.3 Å². The molecule has 1 aromatic carbocycles. The zero-order valence-corrected chi connectivity index (χ0v) is 19.5. The van der Waals surface area contributed by atoms with E-state index in [2.05, 4.69) is 15.2 Å². The van der Waals surface area contributed by atoms with Crippen LogP contribution >= 0.6 is 0 Å². The Bertz CT molecular complexity index is 1090. The van der Waals surface area contributed by atoms with Crippen molar-refractivity contribution >= 4 is 27.2 Å². The molecule has 178 valence electrons. The minimum atomic E-state index is -3.77. The fourth-order valence-corrected chi connectivity index (χ4v) is 5.80. The number of hydrogen-bond acceptors (Lipinski definition) is 8. The van der Waals surface area contributed by atoms with Gasteiger partial charge in [0.15, 0.2) is 0 Å². The Hall–Kier alpha value is -2.76. The molecule has 3 heterocycles. The Morgan fingerprint density at radius 2 is 2.00 bits per heavy atom. The molecular formula is C22H29N5O5S. The van der Waals surface area contributed by atoms with E-state index in [1.165, 1.54) is 16.4 Å². The molecule has 2 saturated heterocycles. The van der Waals surface area contributed by atoms with E-state index in [0.29, 0.717) is 32.8 Å². The molecule has 1 N–H and O–H groups in total. The molecule has 0 radical (unpaired) electrons. The number of morpholine rings is 1. The number of piperidine rings is 1. The van der Waals surface area contributed by atoms with Gasteiger partial charge in [0.1, 0.15) is 11.5 Å². The van der Waals surface area contributed by atoms with Crippen LogP contribution < -0.4 is 10.2 Å². The molecule has 1 aromatic heterocycles. The predicted molar refractivity (Wildman–Crippen MR) is 125 cm³/mol. The molecule has 0 bridgehead atoms. The van der Waals surface area contributed by atoms with E-state index in [1.54, 1.807) is 6.20 Å². The number of aromatic nitrogens is 1. The first-order valence-corrected chi connectivity index (χ1v) is 12.6. The molecule has 0 aliphatic carbocycles. The minimum Gasteiger partial charge on any atom is -0.378 e. The Balaban J connectivity index is 1.47. The molecule has 33 heavy (non-hydrogen) atoms. The van der Waals surface area contributed by atoms with Gasteiger partial charge >= 0.3 is 0 Å². The van der Waals surface area contributed by atoms with Crippen molar-refractivity contribution in [1.29, 1.82) is 0 Å². The van der Waals surface area contributed by atoms with Crippen molar-refractivity contribution < 1.29 is 18.1 Å². The third-order valence-corrected chi connectivity index (χ3v) is 7.91. The van der Waals surface area contributed by atoms with Crippen molar-refractivity contribution in [3.8, 4) is 0 Å². The maximum absolute atomic E-state index is 13.0. The summed E-state index contributed by atoms with van der Waals surface area (Å²) in [5.74, 6) is 1.14. The average Bonchev–Trinajstić information content (AvgIpc) is 2.83. The number of nitrogens with zero attached hydrogens (tertiary/aromatic N) is 4. The van der Waals surface area contributed by atoms with Crippen LogP contribution in [-0.4, -0.2) is 62.0 Å². The third kappa shape index (κ3) is 5.43. The fourth-order valence-electron chi connectivity index (χ4n) is 4.18. The SMILES string of the molecule is CC1CCCN(S(=O)(=O)c2ccc(NCc3ccc(N4CCOCC4)nc3)c([N+](=O)[O-])c2)C1. The lowest BCUT2D eigenvalue weighted by Gasteiger charge is -2.30. The van der Waals surface area contributed by atoms with Crippen molar-refractivity contribution in [3.63, 3.8) is 0 Å². The highest BCUT2D eigenvalue weighted by molar-refractivity contribution is 7.89. The maximum Gasteiger partial charge on any atom is 0.293 e. The summed E-state index contributed by atoms with van der Waals surface area (Å²) in [6.07, 6.45) is 3.51. The normalized spacial score (nSPS) is 19.9. The molecular weight excluding hydrogens is 446 g/mol. The monoisotopic (exact) mass is 475 g/mol. The summed E-state index contributed by atoms with van der Waals surface area (Å²) in [6.45, 7) is 6.16. The largest absolute Gasteiger partial charge is 0.378 e. The second-order valence-corrected chi connectivity index (χ2v) is 10.5. The van der Waals surface area contributed by atoms with Crippen LogP contribution in [0, 0.1) is 16.0 Å². The Labute approximate surface area is 193 Å². The van der Waals surface area contributed by atoms with E-state index in [9.17, 15) is 18.5 Å². The van der Waals surface area contributed by atoms with Crippen molar-refractivity contribution in [3.05, 3.63) is 52.2 Å². The summed E-state index contributed by atoms with van der Waals surface area (Å²) < 4.78 is 32.8. The van der Waals surface area contributed by atoms with E-state index in [0.717, 1.165) is 43.4 Å². The van der Waals surface area contributed by atoms with Gasteiger partial charge in [-0.05, 0) is 42.5 Å². The van der Waals surface area contributed by atoms with Gasteiger partial charge in [-0.15, -0.1) is 0 Å². The first-order valence-electron chi connectivity index (χ1n) is 11.1. The zero-order chi connectivity index (χ0) is 23.4. The minimum absolute atomic E-state index is 0.0506. The fraction of sp³-hybridized carbons (Fsp3) is 0.500. The van der Waals surface area contributed by atoms with Crippen LogP contribution in [0.3, 0.4) is 0 Å². The lowest BCUT2D eigenvalue weighted by atomic mass is 10.0.